The molecule has 42 heavy (non-hydrogen) atoms. The molecule has 11 heteroatoms. The molecule has 0 aliphatic carbocycles. The zero-order valence-electron chi connectivity index (χ0n) is 22.9. The number of carboxylic acid groups (broad SMARTS) is 1. The van der Waals surface area contributed by atoms with Crippen molar-refractivity contribution < 1.29 is 23.8 Å². The van der Waals surface area contributed by atoms with Crippen molar-refractivity contribution in [2.45, 2.75) is 51.0 Å². The highest BCUT2D eigenvalue weighted by atomic mass is 35.5. The van der Waals surface area contributed by atoms with E-state index in [0.29, 0.717) is 47.7 Å². The lowest BCUT2D eigenvalue weighted by Crippen LogP contribution is -2.35. The summed E-state index contributed by atoms with van der Waals surface area (Å²) >= 11 is 6.27. The molecule has 0 spiro atoms. The zero-order chi connectivity index (χ0) is 28.6. The fourth-order valence-electron chi connectivity index (χ4n) is 5.79. The molecule has 0 unspecified atom stereocenters. The van der Waals surface area contributed by atoms with Gasteiger partial charge in [-0.25, -0.2) is 19.7 Å². The number of pyridine rings is 2. The molecule has 2 fully saturated rings. The highest BCUT2D eigenvalue weighted by Gasteiger charge is 2.26. The molecule has 10 nitrogen and oxygen atoms in total. The van der Waals surface area contributed by atoms with Crippen LogP contribution in [0.1, 0.15) is 52.8 Å². The van der Waals surface area contributed by atoms with Gasteiger partial charge in [-0.1, -0.05) is 23.7 Å². The Labute approximate surface area is 246 Å². The average molecular weight is 588 g/mol. The molecular weight excluding hydrogens is 558 g/mol. The van der Waals surface area contributed by atoms with Crippen molar-refractivity contribution in [3.05, 3.63) is 82.6 Å². The van der Waals surface area contributed by atoms with E-state index >= 15 is 0 Å². The van der Waals surface area contributed by atoms with Gasteiger partial charge in [0.15, 0.2) is 11.3 Å². The average Bonchev–Trinajstić information content (AvgIpc) is 3.61. The second-order valence-corrected chi connectivity index (χ2v) is 11.3. The molecule has 0 bridgehead atoms. The number of aromatic nitrogens is 4. The van der Waals surface area contributed by atoms with Gasteiger partial charge in [0, 0.05) is 35.2 Å². The summed E-state index contributed by atoms with van der Waals surface area (Å²) in [5.41, 5.74) is 4.01. The Balaban J connectivity index is 1.01. The minimum atomic E-state index is -1.05. The Bertz CT molecular complexity index is 1760. The number of likely N-dealkylation sites (tertiary alicyclic amines) is 1. The minimum absolute atomic E-state index is 0.0201. The molecule has 0 saturated carbocycles. The number of aromatic carboxylic acids is 1. The first-order valence-electron chi connectivity index (χ1n) is 14.2. The zero-order valence-corrected chi connectivity index (χ0v) is 23.7. The molecule has 7 rings (SSSR count). The van der Waals surface area contributed by atoms with E-state index in [1.807, 2.05) is 34.9 Å². The van der Waals surface area contributed by atoms with Crippen LogP contribution < -0.4 is 4.74 Å². The van der Waals surface area contributed by atoms with Crippen LogP contribution in [0, 0.1) is 0 Å². The Morgan fingerprint density at radius 1 is 1.05 bits per heavy atom. The number of fused-ring (bicyclic) bond motifs is 2. The van der Waals surface area contributed by atoms with Gasteiger partial charge in [-0.05, 0) is 62.7 Å². The summed E-state index contributed by atoms with van der Waals surface area (Å²) in [7, 11) is 0. The number of carbonyl (C=O) groups is 1. The van der Waals surface area contributed by atoms with E-state index in [1.165, 1.54) is 6.07 Å². The Kier molecular flexibility index (Phi) is 7.27. The second kappa shape index (κ2) is 11.4. The summed E-state index contributed by atoms with van der Waals surface area (Å²) in [6.45, 7) is 4.17. The van der Waals surface area contributed by atoms with E-state index in [4.69, 9.17) is 35.5 Å². The van der Waals surface area contributed by atoms with Crippen LogP contribution in [-0.2, 0) is 24.4 Å². The van der Waals surface area contributed by atoms with Crippen molar-refractivity contribution in [1.29, 1.82) is 0 Å². The van der Waals surface area contributed by atoms with Crippen LogP contribution in [0.4, 0.5) is 0 Å². The van der Waals surface area contributed by atoms with Crippen LogP contribution in [0.15, 0.2) is 59.2 Å². The number of halogens is 1. The van der Waals surface area contributed by atoms with Crippen molar-refractivity contribution in [3.8, 4) is 5.88 Å². The lowest BCUT2D eigenvalue weighted by atomic mass is 9.93. The maximum atomic E-state index is 11.5. The number of hydrogen-bond donors (Lipinski definition) is 1. The topological polar surface area (TPSA) is 116 Å². The van der Waals surface area contributed by atoms with Gasteiger partial charge in [0.25, 0.3) is 0 Å². The number of rotatable bonds is 9. The van der Waals surface area contributed by atoms with E-state index in [0.717, 1.165) is 67.0 Å². The number of ether oxygens (including phenoxy) is 2. The quantitative estimate of drug-likeness (QED) is 0.233. The molecule has 4 aromatic heterocycles. The third kappa shape index (κ3) is 5.33. The molecule has 2 saturated heterocycles. The summed E-state index contributed by atoms with van der Waals surface area (Å²) in [4.78, 5) is 28.0. The highest BCUT2D eigenvalue weighted by molar-refractivity contribution is 6.35. The number of hydrogen-bond acceptors (Lipinski definition) is 8. The van der Waals surface area contributed by atoms with Crippen LogP contribution in [0.3, 0.4) is 0 Å². The number of imidazole rings is 1. The molecular formula is C31H30ClN5O5. The fourth-order valence-corrected chi connectivity index (χ4v) is 6.00. The van der Waals surface area contributed by atoms with Gasteiger partial charge >= 0.3 is 5.97 Å². The van der Waals surface area contributed by atoms with Crippen LogP contribution in [-0.4, -0.2) is 61.3 Å². The maximum absolute atomic E-state index is 11.5. The molecule has 6 heterocycles. The second-order valence-electron chi connectivity index (χ2n) is 10.9. The lowest BCUT2D eigenvalue weighted by Gasteiger charge is -2.32. The van der Waals surface area contributed by atoms with Crippen LogP contribution in [0.25, 0.3) is 22.1 Å². The monoisotopic (exact) mass is 587 g/mol. The van der Waals surface area contributed by atoms with Crippen LogP contribution in [0.5, 0.6) is 5.88 Å². The third-order valence-electron chi connectivity index (χ3n) is 8.21. The van der Waals surface area contributed by atoms with Crippen molar-refractivity contribution in [3.63, 3.8) is 0 Å². The number of furan rings is 1. The molecule has 1 N–H and O–H groups in total. The summed E-state index contributed by atoms with van der Waals surface area (Å²) in [5, 5.41) is 11.0. The van der Waals surface area contributed by atoms with Crippen molar-refractivity contribution in [2.24, 2.45) is 0 Å². The highest BCUT2D eigenvalue weighted by Crippen LogP contribution is 2.31. The summed E-state index contributed by atoms with van der Waals surface area (Å²) < 4.78 is 19.4. The van der Waals surface area contributed by atoms with Crippen molar-refractivity contribution in [1.82, 2.24) is 24.4 Å². The van der Waals surface area contributed by atoms with E-state index < -0.39 is 5.97 Å². The maximum Gasteiger partial charge on any atom is 0.354 e. The first kappa shape index (κ1) is 26.9. The standard InChI is InChI=1S/C31H30ClN5O5/c32-23-5-4-20(29-22(23)11-15-41-29)18-42-28-3-1-2-24(34-28)19-8-12-36(13-9-19)17-27-33-25-6-7-26(31(38)39)35-30(25)37(27)16-21-10-14-40-21/h1-7,11,15,19,21H,8-10,12-14,16-18H2,(H,38,39)/t21-/m0/s1. The Morgan fingerprint density at radius 2 is 1.90 bits per heavy atom. The fraction of sp³-hybridized carbons (Fsp3) is 0.355. The molecule has 1 aromatic carbocycles. The van der Waals surface area contributed by atoms with Gasteiger partial charge in [-0.15, -0.1) is 0 Å². The lowest BCUT2D eigenvalue weighted by molar-refractivity contribution is -0.0593. The minimum Gasteiger partial charge on any atom is -0.477 e. The molecule has 0 radical (unpaired) electrons. The van der Waals surface area contributed by atoms with E-state index in [1.54, 1.807) is 12.3 Å². The number of carboxylic acids is 1. The summed E-state index contributed by atoms with van der Waals surface area (Å²) in [5.74, 6) is 0.760. The normalized spacial score (nSPS) is 18.0. The third-order valence-corrected chi connectivity index (χ3v) is 8.54. The molecule has 216 valence electrons. The Morgan fingerprint density at radius 3 is 2.69 bits per heavy atom. The molecule has 5 aromatic rings. The number of piperidine rings is 1. The molecule has 1 atom stereocenters. The molecule has 0 amide bonds. The van der Waals surface area contributed by atoms with Gasteiger partial charge in [-0.2, -0.15) is 0 Å². The van der Waals surface area contributed by atoms with E-state index in [-0.39, 0.29) is 11.8 Å². The molecule has 2 aliphatic heterocycles. The SMILES string of the molecule is O=C(O)c1ccc2nc(CN3CCC(c4cccc(OCc5ccc(Cl)c6ccoc56)n4)CC3)n(C[C@@H]3CCO3)c2n1. The summed E-state index contributed by atoms with van der Waals surface area (Å²) in [6.07, 6.45) is 4.65. The largest absolute Gasteiger partial charge is 0.477 e. The van der Waals surface area contributed by atoms with E-state index in [9.17, 15) is 9.90 Å². The summed E-state index contributed by atoms with van der Waals surface area (Å²) in [6, 6.07) is 14.8. The number of benzene rings is 1. The predicted octanol–water partition coefficient (Wildman–Crippen LogP) is 5.67. The van der Waals surface area contributed by atoms with Gasteiger partial charge < -0.3 is 23.6 Å². The predicted molar refractivity (Wildman–Crippen MR) is 156 cm³/mol. The van der Waals surface area contributed by atoms with Gasteiger partial charge in [0.05, 0.1) is 30.5 Å². The first-order chi connectivity index (χ1) is 20.5. The van der Waals surface area contributed by atoms with Gasteiger partial charge in [0.2, 0.25) is 5.88 Å². The van der Waals surface area contributed by atoms with Crippen molar-refractivity contribution >= 4 is 39.7 Å². The smallest absolute Gasteiger partial charge is 0.354 e. The van der Waals surface area contributed by atoms with Gasteiger partial charge in [-0.3, -0.25) is 4.90 Å². The van der Waals surface area contributed by atoms with Crippen LogP contribution in [0.2, 0.25) is 5.02 Å². The number of nitrogens with zero attached hydrogens (tertiary/aromatic N) is 5. The Hall–Kier alpha value is -3.99. The van der Waals surface area contributed by atoms with Gasteiger partial charge in [0.1, 0.15) is 23.5 Å². The molecule has 2 aliphatic rings. The van der Waals surface area contributed by atoms with E-state index in [2.05, 4.69) is 16.0 Å². The first-order valence-corrected chi connectivity index (χ1v) is 14.6. The van der Waals surface area contributed by atoms with Crippen LogP contribution >= 0.6 is 11.6 Å². The van der Waals surface area contributed by atoms with Crippen molar-refractivity contribution in [2.75, 3.05) is 19.7 Å².